The van der Waals surface area contributed by atoms with E-state index in [1.807, 2.05) is 0 Å². The molecule has 1 nitrogen and oxygen atoms in total. The highest BCUT2D eigenvalue weighted by Crippen LogP contribution is 2.37. The van der Waals surface area contributed by atoms with E-state index in [4.69, 9.17) is 0 Å². The van der Waals surface area contributed by atoms with Gasteiger partial charge in [0.15, 0.2) is 12.2 Å². The fourth-order valence-corrected chi connectivity index (χ4v) is 3.80. The lowest BCUT2D eigenvalue weighted by Gasteiger charge is -2.08. The van der Waals surface area contributed by atoms with E-state index in [1.54, 1.807) is 0 Å². The SMILES string of the molecule is CCCC1c2ccccc2-c2cc(-c3ccccc3C)cc[n+]21. The highest BCUT2D eigenvalue weighted by atomic mass is 15.0. The van der Waals surface area contributed by atoms with E-state index in [2.05, 4.69) is 85.3 Å². The highest BCUT2D eigenvalue weighted by Gasteiger charge is 2.35. The Kier molecular flexibility index (Phi) is 3.49. The lowest BCUT2D eigenvalue weighted by Crippen LogP contribution is -2.37. The number of benzene rings is 2. The van der Waals surface area contributed by atoms with Crippen LogP contribution in [0.5, 0.6) is 0 Å². The fourth-order valence-electron chi connectivity index (χ4n) is 3.80. The molecule has 23 heavy (non-hydrogen) atoms. The molecule has 0 fully saturated rings. The van der Waals surface area contributed by atoms with E-state index < -0.39 is 0 Å². The summed E-state index contributed by atoms with van der Waals surface area (Å²) in [6.07, 6.45) is 4.67. The maximum atomic E-state index is 2.45. The first-order chi connectivity index (χ1) is 11.3. The summed E-state index contributed by atoms with van der Waals surface area (Å²) in [5.41, 5.74) is 8.17. The van der Waals surface area contributed by atoms with E-state index in [9.17, 15) is 0 Å². The Bertz CT molecular complexity index is 863. The maximum Gasteiger partial charge on any atom is 0.214 e. The molecule has 1 unspecified atom stereocenters. The molecule has 0 radical (unpaired) electrons. The van der Waals surface area contributed by atoms with Crippen molar-refractivity contribution in [3.05, 3.63) is 78.0 Å². The van der Waals surface area contributed by atoms with Crippen LogP contribution in [0.1, 0.15) is 36.9 Å². The Hall–Kier alpha value is -2.41. The molecule has 0 aliphatic carbocycles. The van der Waals surface area contributed by atoms with Gasteiger partial charge in [-0.2, -0.15) is 4.57 Å². The number of hydrogen-bond donors (Lipinski definition) is 0. The van der Waals surface area contributed by atoms with Gasteiger partial charge in [-0.25, -0.2) is 0 Å². The summed E-state index contributed by atoms with van der Waals surface area (Å²) < 4.78 is 2.45. The van der Waals surface area contributed by atoms with Crippen LogP contribution >= 0.6 is 0 Å². The highest BCUT2D eigenvalue weighted by molar-refractivity contribution is 5.73. The molecule has 114 valence electrons. The quantitative estimate of drug-likeness (QED) is 0.576. The first-order valence-corrected chi connectivity index (χ1v) is 8.50. The van der Waals surface area contributed by atoms with Gasteiger partial charge in [0, 0.05) is 24.1 Å². The second-order valence-electron chi connectivity index (χ2n) is 6.41. The van der Waals surface area contributed by atoms with E-state index in [0.29, 0.717) is 6.04 Å². The Morgan fingerprint density at radius 1 is 0.913 bits per heavy atom. The molecule has 2 heterocycles. The Morgan fingerprint density at radius 2 is 1.65 bits per heavy atom. The third kappa shape index (κ3) is 2.28. The number of rotatable bonds is 3. The summed E-state index contributed by atoms with van der Waals surface area (Å²) in [5.74, 6) is 0. The number of pyridine rings is 1. The molecule has 4 rings (SSSR count). The minimum Gasteiger partial charge on any atom is -0.191 e. The molecule has 0 N–H and O–H groups in total. The number of aryl methyl sites for hydroxylation is 1. The average Bonchev–Trinajstić information content (AvgIpc) is 2.90. The second kappa shape index (κ2) is 5.66. The van der Waals surface area contributed by atoms with E-state index in [-0.39, 0.29) is 0 Å². The first-order valence-electron chi connectivity index (χ1n) is 8.50. The van der Waals surface area contributed by atoms with Crippen LogP contribution in [-0.4, -0.2) is 0 Å². The number of fused-ring (bicyclic) bond motifs is 3. The van der Waals surface area contributed by atoms with Crippen molar-refractivity contribution in [2.75, 3.05) is 0 Å². The van der Waals surface area contributed by atoms with Crippen molar-refractivity contribution in [2.45, 2.75) is 32.7 Å². The number of hydrogen-bond acceptors (Lipinski definition) is 0. The van der Waals surface area contributed by atoms with Crippen LogP contribution in [0.3, 0.4) is 0 Å². The smallest absolute Gasteiger partial charge is 0.191 e. The van der Waals surface area contributed by atoms with Gasteiger partial charge < -0.3 is 0 Å². The molecule has 1 atom stereocenters. The molecule has 1 heteroatoms. The number of nitrogens with zero attached hydrogens (tertiary/aromatic N) is 1. The zero-order chi connectivity index (χ0) is 15.8. The molecule has 3 aromatic rings. The van der Waals surface area contributed by atoms with Crippen LogP contribution in [0.4, 0.5) is 0 Å². The molecular weight excluding hydrogens is 278 g/mol. The third-order valence-corrected chi connectivity index (χ3v) is 4.93. The predicted molar refractivity (Wildman–Crippen MR) is 95.3 cm³/mol. The van der Waals surface area contributed by atoms with Crippen LogP contribution in [0, 0.1) is 6.92 Å². The summed E-state index contributed by atoms with van der Waals surface area (Å²) in [4.78, 5) is 0. The van der Waals surface area contributed by atoms with E-state index >= 15 is 0 Å². The van der Waals surface area contributed by atoms with Gasteiger partial charge in [-0.3, -0.25) is 0 Å². The zero-order valence-corrected chi connectivity index (χ0v) is 13.8. The summed E-state index contributed by atoms with van der Waals surface area (Å²) >= 11 is 0. The van der Waals surface area contributed by atoms with Gasteiger partial charge in [-0.15, -0.1) is 0 Å². The molecule has 1 aromatic heterocycles. The average molecular weight is 300 g/mol. The standard InChI is InChI=1S/C22H22N/c1-3-8-21-19-11-6-7-12-20(19)22-15-17(13-14-23(21)22)18-10-5-4-9-16(18)2/h4-7,9-15,21H,3,8H2,1-2H3/q+1. The van der Waals surface area contributed by atoms with E-state index in [1.165, 1.54) is 46.4 Å². The van der Waals surface area contributed by atoms with Crippen LogP contribution in [0.25, 0.3) is 22.4 Å². The van der Waals surface area contributed by atoms with Crippen molar-refractivity contribution < 1.29 is 4.57 Å². The molecule has 0 spiro atoms. The lowest BCUT2D eigenvalue weighted by molar-refractivity contribution is -0.698. The molecule has 0 amide bonds. The monoisotopic (exact) mass is 300 g/mol. The summed E-state index contributed by atoms with van der Waals surface area (Å²) in [6.45, 7) is 4.45. The van der Waals surface area contributed by atoms with Crippen molar-refractivity contribution in [2.24, 2.45) is 0 Å². The van der Waals surface area contributed by atoms with Gasteiger partial charge in [0.2, 0.25) is 5.69 Å². The largest absolute Gasteiger partial charge is 0.214 e. The molecule has 2 aromatic carbocycles. The molecule has 0 bridgehead atoms. The second-order valence-corrected chi connectivity index (χ2v) is 6.41. The molecule has 0 saturated heterocycles. The molecule has 0 saturated carbocycles. The van der Waals surface area contributed by atoms with Crippen molar-refractivity contribution in [1.82, 2.24) is 0 Å². The zero-order valence-electron chi connectivity index (χ0n) is 13.8. The van der Waals surface area contributed by atoms with Crippen molar-refractivity contribution in [3.63, 3.8) is 0 Å². The van der Waals surface area contributed by atoms with Crippen LogP contribution in [0.15, 0.2) is 66.9 Å². The van der Waals surface area contributed by atoms with Gasteiger partial charge in [0.1, 0.15) is 0 Å². The minimum atomic E-state index is 0.483. The van der Waals surface area contributed by atoms with Gasteiger partial charge in [0.25, 0.3) is 0 Å². The number of aromatic nitrogens is 1. The minimum absolute atomic E-state index is 0.483. The van der Waals surface area contributed by atoms with Gasteiger partial charge >= 0.3 is 0 Å². The topological polar surface area (TPSA) is 3.88 Å². The maximum absolute atomic E-state index is 2.45. The Morgan fingerprint density at radius 3 is 2.43 bits per heavy atom. The van der Waals surface area contributed by atoms with Gasteiger partial charge in [0.05, 0.1) is 5.56 Å². The summed E-state index contributed by atoms with van der Waals surface area (Å²) in [5, 5.41) is 0. The fraction of sp³-hybridized carbons (Fsp3) is 0.227. The predicted octanol–water partition coefficient (Wildman–Crippen LogP) is 5.32. The van der Waals surface area contributed by atoms with Gasteiger partial charge in [-0.05, 0) is 36.1 Å². The van der Waals surface area contributed by atoms with Crippen LogP contribution in [-0.2, 0) is 0 Å². The Balaban J connectivity index is 1.89. The lowest BCUT2D eigenvalue weighted by atomic mass is 9.98. The molecule has 1 aliphatic heterocycles. The van der Waals surface area contributed by atoms with Crippen LogP contribution < -0.4 is 4.57 Å². The first kappa shape index (κ1) is 14.2. The normalized spacial score (nSPS) is 15.3. The van der Waals surface area contributed by atoms with Crippen molar-refractivity contribution in [1.29, 1.82) is 0 Å². The molecular formula is C22H22N+. The Labute approximate surface area is 138 Å². The summed E-state index contributed by atoms with van der Waals surface area (Å²) in [6, 6.07) is 22.6. The van der Waals surface area contributed by atoms with E-state index in [0.717, 1.165) is 0 Å². The van der Waals surface area contributed by atoms with Crippen LogP contribution in [0.2, 0.25) is 0 Å². The summed E-state index contributed by atoms with van der Waals surface area (Å²) in [7, 11) is 0. The third-order valence-electron chi connectivity index (χ3n) is 4.93. The molecule has 1 aliphatic rings. The van der Waals surface area contributed by atoms with Crippen molar-refractivity contribution >= 4 is 0 Å². The van der Waals surface area contributed by atoms with Crippen molar-refractivity contribution in [3.8, 4) is 22.4 Å². The van der Waals surface area contributed by atoms with Gasteiger partial charge in [-0.1, -0.05) is 49.4 Å².